The molecule has 4 rings (SSSR count). The number of nitrogens with one attached hydrogen (secondary N) is 1. The number of amides is 1. The first-order valence-corrected chi connectivity index (χ1v) is 11.1. The molecule has 0 radical (unpaired) electrons. The van der Waals surface area contributed by atoms with E-state index in [1.54, 1.807) is 37.6 Å². The van der Waals surface area contributed by atoms with Crippen LogP contribution in [0.25, 0.3) is 0 Å². The molecule has 3 heterocycles. The van der Waals surface area contributed by atoms with Crippen LogP contribution < -0.4 is 5.32 Å². The smallest absolute Gasteiger partial charge is 0.227 e. The van der Waals surface area contributed by atoms with Gasteiger partial charge in [0, 0.05) is 43.5 Å². The fourth-order valence-electron chi connectivity index (χ4n) is 4.12. The summed E-state index contributed by atoms with van der Waals surface area (Å²) < 4.78 is 13.4. The number of piperidine rings is 1. The van der Waals surface area contributed by atoms with E-state index in [0.717, 1.165) is 49.2 Å². The van der Waals surface area contributed by atoms with Gasteiger partial charge in [0.15, 0.2) is 0 Å². The molecule has 1 aliphatic heterocycles. The van der Waals surface area contributed by atoms with E-state index in [9.17, 15) is 9.18 Å². The van der Waals surface area contributed by atoms with E-state index in [-0.39, 0.29) is 17.6 Å². The Balaban J connectivity index is 1.28. The molecule has 1 unspecified atom stereocenters. The van der Waals surface area contributed by atoms with Gasteiger partial charge in [-0.3, -0.25) is 9.78 Å². The SMILES string of the molecule is Cc1cc(CCCC(=O)N2CCCC(c3ccc(Nc4ncccn4)cn3)C2)ccc1F. The Morgan fingerprint density at radius 3 is 2.78 bits per heavy atom. The third-order valence-corrected chi connectivity index (χ3v) is 5.88. The predicted octanol–water partition coefficient (Wildman–Crippen LogP) is 4.79. The van der Waals surface area contributed by atoms with Crippen LogP contribution in [-0.4, -0.2) is 38.8 Å². The summed E-state index contributed by atoms with van der Waals surface area (Å²) in [5.74, 6) is 0.782. The van der Waals surface area contributed by atoms with Gasteiger partial charge < -0.3 is 10.2 Å². The molecule has 3 aromatic rings. The Kier molecular flexibility index (Phi) is 7.04. The first-order chi connectivity index (χ1) is 15.6. The van der Waals surface area contributed by atoms with E-state index in [1.165, 1.54) is 6.07 Å². The van der Waals surface area contributed by atoms with Crippen LogP contribution in [-0.2, 0) is 11.2 Å². The zero-order valence-electron chi connectivity index (χ0n) is 18.3. The summed E-state index contributed by atoms with van der Waals surface area (Å²) in [6, 6.07) is 10.9. The van der Waals surface area contributed by atoms with Crippen LogP contribution in [0.3, 0.4) is 0 Å². The second-order valence-electron chi connectivity index (χ2n) is 8.29. The minimum absolute atomic E-state index is 0.185. The maximum Gasteiger partial charge on any atom is 0.227 e. The third kappa shape index (κ3) is 5.66. The Morgan fingerprint density at radius 1 is 1.19 bits per heavy atom. The summed E-state index contributed by atoms with van der Waals surface area (Å²) >= 11 is 0. The quantitative estimate of drug-likeness (QED) is 0.580. The first kappa shape index (κ1) is 21.9. The van der Waals surface area contributed by atoms with Crippen LogP contribution in [0.5, 0.6) is 0 Å². The molecule has 0 spiro atoms. The van der Waals surface area contributed by atoms with Crippen molar-refractivity contribution in [3.63, 3.8) is 0 Å². The Morgan fingerprint density at radius 2 is 2.03 bits per heavy atom. The number of likely N-dealkylation sites (tertiary alicyclic amines) is 1. The number of rotatable bonds is 7. The Labute approximate surface area is 187 Å². The highest BCUT2D eigenvalue weighted by atomic mass is 19.1. The summed E-state index contributed by atoms with van der Waals surface area (Å²) in [7, 11) is 0. The summed E-state index contributed by atoms with van der Waals surface area (Å²) in [6.45, 7) is 3.27. The highest BCUT2D eigenvalue weighted by Crippen LogP contribution is 2.27. The molecule has 0 aliphatic carbocycles. The van der Waals surface area contributed by atoms with Gasteiger partial charge in [-0.15, -0.1) is 0 Å². The van der Waals surface area contributed by atoms with Crippen molar-refractivity contribution in [1.29, 1.82) is 0 Å². The minimum atomic E-state index is -0.185. The number of hydrogen-bond donors (Lipinski definition) is 1. The van der Waals surface area contributed by atoms with Gasteiger partial charge in [0.1, 0.15) is 5.82 Å². The van der Waals surface area contributed by atoms with Crippen LogP contribution in [0.4, 0.5) is 16.0 Å². The van der Waals surface area contributed by atoms with Crippen molar-refractivity contribution in [2.24, 2.45) is 0 Å². The number of carbonyl (C=O) groups is 1. The van der Waals surface area contributed by atoms with Crippen molar-refractivity contribution in [2.75, 3.05) is 18.4 Å². The van der Waals surface area contributed by atoms with Crippen LogP contribution in [0, 0.1) is 12.7 Å². The molecule has 166 valence electrons. The molecule has 0 saturated carbocycles. The van der Waals surface area contributed by atoms with E-state index in [2.05, 4.69) is 20.3 Å². The van der Waals surface area contributed by atoms with Crippen molar-refractivity contribution < 1.29 is 9.18 Å². The Bertz CT molecular complexity index is 1040. The zero-order chi connectivity index (χ0) is 22.3. The fraction of sp³-hybridized carbons (Fsp3) is 0.360. The molecule has 32 heavy (non-hydrogen) atoms. The number of pyridine rings is 1. The molecule has 0 bridgehead atoms. The van der Waals surface area contributed by atoms with Crippen molar-refractivity contribution in [2.45, 2.75) is 44.9 Å². The lowest BCUT2D eigenvalue weighted by atomic mass is 9.94. The van der Waals surface area contributed by atoms with E-state index in [1.807, 2.05) is 23.1 Å². The number of anilines is 2. The lowest BCUT2D eigenvalue weighted by Crippen LogP contribution is -2.39. The largest absolute Gasteiger partial charge is 0.342 e. The average molecular weight is 434 g/mol. The molecule has 2 aromatic heterocycles. The minimum Gasteiger partial charge on any atom is -0.342 e. The van der Waals surface area contributed by atoms with Crippen molar-refractivity contribution in [3.05, 3.63) is 77.6 Å². The summed E-state index contributed by atoms with van der Waals surface area (Å²) in [4.78, 5) is 27.7. The van der Waals surface area contributed by atoms with Gasteiger partial charge in [0.05, 0.1) is 11.9 Å². The molecule has 1 aliphatic rings. The van der Waals surface area contributed by atoms with Gasteiger partial charge in [-0.2, -0.15) is 0 Å². The maximum atomic E-state index is 13.4. The standard InChI is InChI=1S/C25H28FN5O/c1-18-15-19(8-10-22(18)26)5-2-7-24(32)31-14-3-6-20(17-31)23-11-9-21(16-29-23)30-25-27-12-4-13-28-25/h4,8-13,15-16,20H,2-3,5-7,14,17H2,1H3,(H,27,28,30). The summed E-state index contributed by atoms with van der Waals surface area (Å²) in [5.41, 5.74) is 3.56. The fourth-order valence-corrected chi connectivity index (χ4v) is 4.12. The molecule has 1 N–H and O–H groups in total. The normalized spacial score (nSPS) is 16.1. The summed E-state index contributed by atoms with van der Waals surface area (Å²) in [6.07, 6.45) is 9.23. The van der Waals surface area contributed by atoms with Gasteiger partial charge in [0.25, 0.3) is 0 Å². The second-order valence-corrected chi connectivity index (χ2v) is 8.29. The third-order valence-electron chi connectivity index (χ3n) is 5.88. The van der Waals surface area contributed by atoms with E-state index < -0.39 is 0 Å². The maximum absolute atomic E-state index is 13.4. The van der Waals surface area contributed by atoms with Crippen LogP contribution in [0.2, 0.25) is 0 Å². The van der Waals surface area contributed by atoms with Crippen LogP contribution in [0.1, 0.15) is 48.4 Å². The Hall–Kier alpha value is -3.35. The first-order valence-electron chi connectivity index (χ1n) is 11.1. The van der Waals surface area contributed by atoms with Gasteiger partial charge in [-0.25, -0.2) is 14.4 Å². The lowest BCUT2D eigenvalue weighted by Gasteiger charge is -2.32. The number of halogens is 1. The van der Waals surface area contributed by atoms with Crippen molar-refractivity contribution in [3.8, 4) is 0 Å². The predicted molar refractivity (Wildman–Crippen MR) is 122 cm³/mol. The molecule has 1 saturated heterocycles. The molecule has 7 heteroatoms. The molecule has 1 atom stereocenters. The number of aromatic nitrogens is 3. The van der Waals surface area contributed by atoms with E-state index in [0.29, 0.717) is 24.5 Å². The number of carbonyl (C=O) groups excluding carboxylic acids is 1. The molecular formula is C25H28FN5O. The summed E-state index contributed by atoms with van der Waals surface area (Å²) in [5, 5.41) is 3.13. The molecule has 1 amide bonds. The number of hydrogen-bond acceptors (Lipinski definition) is 5. The van der Waals surface area contributed by atoms with Crippen LogP contribution >= 0.6 is 0 Å². The highest BCUT2D eigenvalue weighted by Gasteiger charge is 2.25. The zero-order valence-corrected chi connectivity index (χ0v) is 18.3. The molecular weight excluding hydrogens is 405 g/mol. The van der Waals surface area contributed by atoms with Crippen molar-refractivity contribution >= 4 is 17.5 Å². The molecule has 6 nitrogen and oxygen atoms in total. The van der Waals surface area contributed by atoms with Crippen molar-refractivity contribution in [1.82, 2.24) is 19.9 Å². The molecule has 1 aromatic carbocycles. The average Bonchev–Trinajstić information content (AvgIpc) is 2.82. The van der Waals surface area contributed by atoms with E-state index in [4.69, 9.17) is 0 Å². The lowest BCUT2D eigenvalue weighted by molar-refractivity contribution is -0.132. The van der Waals surface area contributed by atoms with Gasteiger partial charge >= 0.3 is 0 Å². The van der Waals surface area contributed by atoms with Gasteiger partial charge in [0.2, 0.25) is 11.9 Å². The monoisotopic (exact) mass is 433 g/mol. The second kappa shape index (κ2) is 10.3. The number of aryl methyl sites for hydroxylation is 2. The molecule has 1 fully saturated rings. The number of nitrogens with zero attached hydrogens (tertiary/aromatic N) is 4. The van der Waals surface area contributed by atoms with Gasteiger partial charge in [-0.05, 0) is 68.0 Å². The highest BCUT2D eigenvalue weighted by molar-refractivity contribution is 5.76. The van der Waals surface area contributed by atoms with Crippen LogP contribution in [0.15, 0.2) is 55.0 Å². The van der Waals surface area contributed by atoms with E-state index >= 15 is 0 Å². The van der Waals surface area contributed by atoms with Gasteiger partial charge in [-0.1, -0.05) is 12.1 Å². The number of benzene rings is 1. The topological polar surface area (TPSA) is 71.0 Å².